The Morgan fingerprint density at radius 2 is 2.00 bits per heavy atom. The van der Waals surface area contributed by atoms with Crippen LogP contribution >= 0.6 is 11.8 Å². The summed E-state index contributed by atoms with van der Waals surface area (Å²) in [5.41, 5.74) is -0.896. The summed E-state index contributed by atoms with van der Waals surface area (Å²) in [4.78, 5) is 35.1. The number of cyclic esters (lactones) is 1. The summed E-state index contributed by atoms with van der Waals surface area (Å²) in [6.07, 6.45) is -0.925. The first-order chi connectivity index (χ1) is 9.36. The average Bonchev–Trinajstić information content (AvgIpc) is 2.39. The zero-order valence-corrected chi connectivity index (χ0v) is 12.4. The topological polar surface area (TPSA) is 105 Å². The van der Waals surface area contributed by atoms with E-state index in [1.807, 2.05) is 0 Å². The Hall–Kier alpha value is -1.28. The predicted molar refractivity (Wildman–Crippen MR) is 74.2 cm³/mol. The fourth-order valence-corrected chi connectivity index (χ4v) is 2.12. The van der Waals surface area contributed by atoms with Crippen molar-refractivity contribution in [3.63, 3.8) is 0 Å². The Bertz CT molecular complexity index is 386. The molecular formula is C12H20N2O5S. The van der Waals surface area contributed by atoms with Gasteiger partial charge in [0.2, 0.25) is 5.91 Å². The number of nitrogens with one attached hydrogen (secondary N) is 2. The molecule has 1 saturated heterocycles. The van der Waals surface area contributed by atoms with Gasteiger partial charge >= 0.3 is 5.30 Å². The van der Waals surface area contributed by atoms with Crippen LogP contribution in [0.15, 0.2) is 0 Å². The lowest BCUT2D eigenvalue weighted by Gasteiger charge is -2.30. The first-order valence-electron chi connectivity index (χ1n) is 6.35. The molecule has 1 fully saturated rings. The highest BCUT2D eigenvalue weighted by Gasteiger charge is 2.38. The van der Waals surface area contributed by atoms with E-state index in [1.54, 1.807) is 13.8 Å². The number of aliphatic hydroxyl groups excluding tert-OH is 1. The van der Waals surface area contributed by atoms with Gasteiger partial charge in [-0.2, -0.15) is 0 Å². The molecule has 8 heteroatoms. The molecule has 0 spiro atoms. The number of amides is 2. The van der Waals surface area contributed by atoms with Gasteiger partial charge in [0.15, 0.2) is 6.10 Å². The first-order valence-corrected chi connectivity index (χ1v) is 7.34. The molecule has 1 heterocycles. The third-order valence-electron chi connectivity index (χ3n) is 2.86. The summed E-state index contributed by atoms with van der Waals surface area (Å²) in [7, 11) is 0. The van der Waals surface area contributed by atoms with Crippen molar-refractivity contribution in [3.05, 3.63) is 0 Å². The number of thioether (sulfide) groups is 1. The van der Waals surface area contributed by atoms with Crippen molar-refractivity contribution >= 4 is 28.9 Å². The van der Waals surface area contributed by atoms with E-state index in [1.165, 1.54) is 0 Å². The average molecular weight is 304 g/mol. The molecule has 0 bridgehead atoms. The number of rotatable bonds is 2. The molecule has 0 aliphatic carbocycles. The van der Waals surface area contributed by atoms with Gasteiger partial charge in [-0.15, -0.1) is 0 Å². The summed E-state index contributed by atoms with van der Waals surface area (Å²) >= 11 is 0.888. The minimum absolute atomic E-state index is 0.160. The van der Waals surface area contributed by atoms with Crippen LogP contribution in [0.1, 0.15) is 20.3 Å². The minimum atomic E-state index is -1.09. The van der Waals surface area contributed by atoms with Gasteiger partial charge in [-0.1, -0.05) is 13.8 Å². The number of aliphatic hydroxyl groups is 1. The van der Waals surface area contributed by atoms with Gasteiger partial charge in [0.1, 0.15) is 0 Å². The highest BCUT2D eigenvalue weighted by atomic mass is 32.2. The fraction of sp³-hybridized carbons (Fsp3) is 0.750. The summed E-state index contributed by atoms with van der Waals surface area (Å²) in [6.45, 7) is 3.49. The van der Waals surface area contributed by atoms with Gasteiger partial charge in [-0.3, -0.25) is 9.59 Å². The Kier molecular flexibility index (Phi) is 6.28. The van der Waals surface area contributed by atoms with Crippen molar-refractivity contribution in [1.29, 1.82) is 0 Å². The van der Waals surface area contributed by atoms with Crippen LogP contribution in [0.5, 0.6) is 0 Å². The summed E-state index contributed by atoms with van der Waals surface area (Å²) in [5, 5.41) is 13.9. The van der Waals surface area contributed by atoms with E-state index in [4.69, 9.17) is 4.74 Å². The fourth-order valence-electron chi connectivity index (χ4n) is 1.59. The second-order valence-electron chi connectivity index (χ2n) is 5.13. The highest BCUT2D eigenvalue weighted by Crippen LogP contribution is 2.25. The van der Waals surface area contributed by atoms with Crippen LogP contribution in [0.25, 0.3) is 0 Å². The van der Waals surface area contributed by atoms with E-state index in [-0.39, 0.29) is 25.5 Å². The molecular weight excluding hydrogens is 284 g/mol. The van der Waals surface area contributed by atoms with E-state index in [0.29, 0.717) is 12.3 Å². The molecule has 0 radical (unpaired) electrons. The van der Waals surface area contributed by atoms with E-state index in [9.17, 15) is 19.5 Å². The molecule has 3 N–H and O–H groups in total. The Morgan fingerprint density at radius 3 is 2.65 bits per heavy atom. The SMILES string of the molecule is CC(C)(CO)[C@H]1OC(=O)SCCNC(=O)CCNC1=O. The molecule has 0 saturated carbocycles. The minimum Gasteiger partial charge on any atom is -0.443 e. The van der Waals surface area contributed by atoms with Gasteiger partial charge in [0.25, 0.3) is 5.91 Å². The van der Waals surface area contributed by atoms with Crippen molar-refractivity contribution in [2.45, 2.75) is 26.4 Å². The molecule has 1 aliphatic rings. The molecule has 20 heavy (non-hydrogen) atoms. The maximum atomic E-state index is 12.0. The molecule has 2 amide bonds. The number of carbonyl (C=O) groups is 3. The molecule has 1 rings (SSSR count). The molecule has 0 aromatic heterocycles. The Morgan fingerprint density at radius 1 is 1.30 bits per heavy atom. The summed E-state index contributed by atoms with van der Waals surface area (Å²) in [5.74, 6) is -0.317. The van der Waals surface area contributed by atoms with Crippen LogP contribution in [-0.4, -0.2) is 53.8 Å². The van der Waals surface area contributed by atoms with Crippen LogP contribution in [0, 0.1) is 5.41 Å². The van der Waals surface area contributed by atoms with E-state index in [2.05, 4.69) is 10.6 Å². The second kappa shape index (κ2) is 7.49. The first kappa shape index (κ1) is 16.8. The molecule has 7 nitrogen and oxygen atoms in total. The van der Waals surface area contributed by atoms with E-state index in [0.717, 1.165) is 11.8 Å². The van der Waals surface area contributed by atoms with Crippen LogP contribution in [-0.2, 0) is 14.3 Å². The van der Waals surface area contributed by atoms with Crippen molar-refractivity contribution < 1.29 is 24.2 Å². The maximum absolute atomic E-state index is 12.0. The van der Waals surface area contributed by atoms with Crippen molar-refractivity contribution in [1.82, 2.24) is 10.6 Å². The van der Waals surface area contributed by atoms with Gasteiger partial charge in [0.05, 0.1) is 6.61 Å². The van der Waals surface area contributed by atoms with Crippen LogP contribution in [0.4, 0.5) is 4.79 Å². The molecule has 0 aromatic rings. The highest BCUT2D eigenvalue weighted by molar-refractivity contribution is 8.13. The Labute approximate surface area is 121 Å². The van der Waals surface area contributed by atoms with Gasteiger partial charge in [-0.25, -0.2) is 4.79 Å². The normalized spacial score (nSPS) is 22.9. The molecule has 1 atom stereocenters. The summed E-state index contributed by atoms with van der Waals surface area (Å²) in [6, 6.07) is 0. The van der Waals surface area contributed by atoms with Crippen molar-refractivity contribution in [2.75, 3.05) is 25.4 Å². The maximum Gasteiger partial charge on any atom is 0.368 e. The third-order valence-corrected chi connectivity index (χ3v) is 3.61. The smallest absolute Gasteiger partial charge is 0.368 e. The largest absolute Gasteiger partial charge is 0.443 e. The number of hydrogen-bond donors (Lipinski definition) is 3. The van der Waals surface area contributed by atoms with Gasteiger partial charge in [0, 0.05) is 30.7 Å². The lowest BCUT2D eigenvalue weighted by atomic mass is 9.87. The summed E-state index contributed by atoms with van der Waals surface area (Å²) < 4.78 is 5.16. The quantitative estimate of drug-likeness (QED) is 0.614. The Balaban J connectivity index is 2.81. The van der Waals surface area contributed by atoms with Crippen LogP contribution in [0.3, 0.4) is 0 Å². The molecule has 0 unspecified atom stereocenters. The van der Waals surface area contributed by atoms with E-state index >= 15 is 0 Å². The van der Waals surface area contributed by atoms with Crippen LogP contribution < -0.4 is 10.6 Å². The molecule has 1 aliphatic heterocycles. The zero-order valence-electron chi connectivity index (χ0n) is 11.6. The van der Waals surface area contributed by atoms with Crippen molar-refractivity contribution in [2.24, 2.45) is 5.41 Å². The lowest BCUT2D eigenvalue weighted by Crippen LogP contribution is -2.48. The third kappa shape index (κ3) is 5.01. The van der Waals surface area contributed by atoms with E-state index < -0.39 is 22.7 Å². The van der Waals surface area contributed by atoms with Gasteiger partial charge < -0.3 is 20.5 Å². The molecule has 0 aromatic carbocycles. The number of ether oxygens (including phenoxy) is 1. The lowest BCUT2D eigenvalue weighted by molar-refractivity contribution is -0.136. The second-order valence-corrected chi connectivity index (χ2v) is 6.16. The zero-order chi connectivity index (χ0) is 15.2. The number of carbonyl (C=O) groups excluding carboxylic acids is 3. The standard InChI is InChI=1S/C12H20N2O5S/c1-12(2,7-15)9-10(17)14-4-3-8(16)13-5-6-20-11(18)19-9/h9,15H,3-7H2,1-2H3,(H,13,16)(H,14,17)/t9-/m0/s1. The predicted octanol–water partition coefficient (Wildman–Crippen LogP) is -0.121. The monoisotopic (exact) mass is 304 g/mol. The number of hydrogen-bond acceptors (Lipinski definition) is 6. The van der Waals surface area contributed by atoms with Gasteiger partial charge in [-0.05, 0) is 11.8 Å². The van der Waals surface area contributed by atoms with Crippen LogP contribution in [0.2, 0.25) is 0 Å². The molecule has 114 valence electrons. The van der Waals surface area contributed by atoms with Crippen molar-refractivity contribution in [3.8, 4) is 0 Å².